The summed E-state index contributed by atoms with van der Waals surface area (Å²) >= 11 is 0. The highest BCUT2D eigenvalue weighted by Crippen LogP contribution is 2.15. The lowest BCUT2D eigenvalue weighted by Gasteiger charge is -2.07. The van der Waals surface area contributed by atoms with Crippen molar-refractivity contribution in [3.63, 3.8) is 0 Å². The molecule has 0 fully saturated rings. The molecule has 0 aliphatic carbocycles. The number of unbranched alkanes of at least 4 members (excludes halogenated alkanes) is 6. The van der Waals surface area contributed by atoms with Crippen LogP contribution >= 0.6 is 10.7 Å². The zero-order valence-electron chi connectivity index (χ0n) is 11.3. The lowest BCUT2D eigenvalue weighted by molar-refractivity contribution is 0.285. The maximum atomic E-state index is 13.4. The molecule has 0 aromatic heterocycles. The van der Waals surface area contributed by atoms with Gasteiger partial charge in [-0.2, -0.15) is 0 Å². The molecule has 0 aliphatic heterocycles. The average molecular weight is 301 g/mol. The summed E-state index contributed by atoms with van der Waals surface area (Å²) in [6, 6.07) is 0. The Morgan fingerprint density at radius 1 is 0.944 bits per heavy atom. The second-order valence-electron chi connectivity index (χ2n) is 4.89. The Morgan fingerprint density at radius 3 is 2.00 bits per heavy atom. The van der Waals surface area contributed by atoms with E-state index in [-0.39, 0.29) is 5.75 Å². The van der Waals surface area contributed by atoms with Crippen LogP contribution in [0.15, 0.2) is 0 Å². The van der Waals surface area contributed by atoms with E-state index in [9.17, 15) is 12.8 Å². The molecule has 1 atom stereocenters. The lowest BCUT2D eigenvalue weighted by atomic mass is 10.1. The molecule has 18 heavy (non-hydrogen) atoms. The van der Waals surface area contributed by atoms with Crippen molar-refractivity contribution in [2.75, 3.05) is 5.75 Å². The van der Waals surface area contributed by atoms with Gasteiger partial charge in [-0.1, -0.05) is 51.9 Å². The SMILES string of the molecule is CCCCCCCCCC(F)CCCS(=O)(=O)Cl. The largest absolute Gasteiger partial charge is 0.247 e. The summed E-state index contributed by atoms with van der Waals surface area (Å²) in [6.45, 7) is 2.19. The van der Waals surface area contributed by atoms with Gasteiger partial charge in [0.25, 0.3) is 0 Å². The first-order valence-corrected chi connectivity index (χ1v) is 9.50. The molecule has 0 saturated carbocycles. The fraction of sp³-hybridized carbons (Fsp3) is 1.00. The van der Waals surface area contributed by atoms with Crippen LogP contribution in [0.5, 0.6) is 0 Å². The van der Waals surface area contributed by atoms with E-state index >= 15 is 0 Å². The highest BCUT2D eigenvalue weighted by molar-refractivity contribution is 8.13. The Labute approximate surface area is 116 Å². The van der Waals surface area contributed by atoms with Gasteiger partial charge in [0.2, 0.25) is 9.05 Å². The van der Waals surface area contributed by atoms with Crippen molar-refractivity contribution in [3.8, 4) is 0 Å². The van der Waals surface area contributed by atoms with Gasteiger partial charge in [0.1, 0.15) is 6.17 Å². The van der Waals surface area contributed by atoms with Gasteiger partial charge in [-0.3, -0.25) is 0 Å². The summed E-state index contributed by atoms with van der Waals surface area (Å²) in [5, 5.41) is 0. The number of hydrogen-bond donors (Lipinski definition) is 0. The van der Waals surface area contributed by atoms with E-state index < -0.39 is 15.2 Å². The molecule has 0 heterocycles. The third-order valence-corrected chi connectivity index (χ3v) is 4.27. The summed E-state index contributed by atoms with van der Waals surface area (Å²) in [5.74, 6) is -0.119. The van der Waals surface area contributed by atoms with Crippen molar-refractivity contribution >= 4 is 19.7 Å². The maximum absolute atomic E-state index is 13.4. The molecule has 0 aliphatic rings. The van der Waals surface area contributed by atoms with Crippen molar-refractivity contribution in [1.29, 1.82) is 0 Å². The predicted octanol–water partition coefficient (Wildman–Crippen LogP) is 4.81. The van der Waals surface area contributed by atoms with Crippen LogP contribution in [0.4, 0.5) is 4.39 Å². The summed E-state index contributed by atoms with van der Waals surface area (Å²) in [4.78, 5) is 0. The second kappa shape index (κ2) is 11.0. The van der Waals surface area contributed by atoms with Gasteiger partial charge in [0, 0.05) is 10.7 Å². The number of alkyl halides is 1. The molecule has 0 rings (SSSR count). The minimum Gasteiger partial charge on any atom is -0.247 e. The summed E-state index contributed by atoms with van der Waals surface area (Å²) < 4.78 is 34.7. The molecule has 5 heteroatoms. The van der Waals surface area contributed by atoms with Crippen molar-refractivity contribution in [3.05, 3.63) is 0 Å². The van der Waals surface area contributed by atoms with Crippen LogP contribution in [-0.2, 0) is 9.05 Å². The van der Waals surface area contributed by atoms with Crippen molar-refractivity contribution in [2.24, 2.45) is 0 Å². The van der Waals surface area contributed by atoms with Crippen LogP contribution in [0.1, 0.15) is 71.1 Å². The molecule has 0 N–H and O–H groups in total. The lowest BCUT2D eigenvalue weighted by Crippen LogP contribution is -2.04. The fourth-order valence-electron chi connectivity index (χ4n) is 1.94. The van der Waals surface area contributed by atoms with E-state index in [1.165, 1.54) is 32.1 Å². The van der Waals surface area contributed by atoms with Crippen LogP contribution in [0.3, 0.4) is 0 Å². The van der Waals surface area contributed by atoms with E-state index in [1.807, 2.05) is 0 Å². The monoisotopic (exact) mass is 300 g/mol. The molecular weight excluding hydrogens is 275 g/mol. The molecular formula is C13H26ClFO2S. The van der Waals surface area contributed by atoms with E-state index in [4.69, 9.17) is 10.7 Å². The Hall–Kier alpha value is 0.170. The standard InChI is InChI=1S/C13H26ClFO2S/c1-2-3-4-5-6-7-8-10-13(15)11-9-12-18(14,16)17/h13H,2-12H2,1H3. The third-order valence-electron chi connectivity index (χ3n) is 3.03. The van der Waals surface area contributed by atoms with Crippen LogP contribution in [0, 0.1) is 0 Å². The van der Waals surface area contributed by atoms with Crippen molar-refractivity contribution in [2.45, 2.75) is 77.3 Å². The molecule has 0 radical (unpaired) electrons. The zero-order valence-corrected chi connectivity index (χ0v) is 12.9. The minimum atomic E-state index is -3.45. The predicted molar refractivity (Wildman–Crippen MR) is 76.4 cm³/mol. The third kappa shape index (κ3) is 14.2. The number of halogens is 2. The van der Waals surface area contributed by atoms with Crippen LogP contribution in [-0.4, -0.2) is 20.3 Å². The summed E-state index contributed by atoms with van der Waals surface area (Å²) in [7, 11) is 1.60. The van der Waals surface area contributed by atoms with E-state index in [2.05, 4.69) is 6.92 Å². The minimum absolute atomic E-state index is 0.119. The van der Waals surface area contributed by atoms with E-state index in [0.717, 1.165) is 12.8 Å². The molecule has 0 spiro atoms. The van der Waals surface area contributed by atoms with Gasteiger partial charge in [0.15, 0.2) is 0 Å². The molecule has 0 amide bonds. The summed E-state index contributed by atoms with van der Waals surface area (Å²) in [6.07, 6.45) is 8.54. The van der Waals surface area contributed by atoms with Gasteiger partial charge in [0.05, 0.1) is 5.75 Å². The first-order chi connectivity index (χ1) is 8.45. The zero-order chi connectivity index (χ0) is 13.9. The fourth-order valence-corrected chi connectivity index (χ4v) is 2.78. The maximum Gasteiger partial charge on any atom is 0.232 e. The first kappa shape index (κ1) is 18.2. The molecule has 0 bridgehead atoms. The molecule has 2 nitrogen and oxygen atoms in total. The van der Waals surface area contributed by atoms with Crippen molar-refractivity contribution in [1.82, 2.24) is 0 Å². The van der Waals surface area contributed by atoms with Crippen molar-refractivity contribution < 1.29 is 12.8 Å². The second-order valence-corrected chi connectivity index (χ2v) is 7.79. The van der Waals surface area contributed by atoms with Gasteiger partial charge in [-0.05, 0) is 19.3 Å². The highest BCUT2D eigenvalue weighted by atomic mass is 35.7. The molecule has 0 aromatic carbocycles. The molecule has 0 saturated heterocycles. The van der Waals surface area contributed by atoms with Crippen LogP contribution < -0.4 is 0 Å². The van der Waals surface area contributed by atoms with Gasteiger partial charge in [-0.15, -0.1) is 0 Å². The Kier molecular flexibility index (Phi) is 11.1. The van der Waals surface area contributed by atoms with Gasteiger partial charge < -0.3 is 0 Å². The summed E-state index contributed by atoms with van der Waals surface area (Å²) in [5.41, 5.74) is 0. The van der Waals surface area contributed by atoms with Crippen LogP contribution in [0.25, 0.3) is 0 Å². The average Bonchev–Trinajstić information content (AvgIpc) is 2.26. The van der Waals surface area contributed by atoms with Crippen LogP contribution in [0.2, 0.25) is 0 Å². The Morgan fingerprint density at radius 2 is 1.44 bits per heavy atom. The first-order valence-electron chi connectivity index (χ1n) is 7.02. The van der Waals surface area contributed by atoms with Gasteiger partial charge >= 0.3 is 0 Å². The highest BCUT2D eigenvalue weighted by Gasteiger charge is 2.10. The van der Waals surface area contributed by atoms with Gasteiger partial charge in [-0.25, -0.2) is 12.8 Å². The quantitative estimate of drug-likeness (QED) is 0.383. The smallest absolute Gasteiger partial charge is 0.232 e. The topological polar surface area (TPSA) is 34.1 Å². The number of rotatable bonds is 12. The normalized spacial score (nSPS) is 13.7. The Balaban J connectivity index is 3.29. The van der Waals surface area contributed by atoms with E-state index in [0.29, 0.717) is 19.3 Å². The molecule has 0 aromatic rings. The van der Waals surface area contributed by atoms with E-state index in [1.54, 1.807) is 0 Å². The molecule has 1 unspecified atom stereocenters. The Bertz CT molecular complexity index is 281. The number of hydrogen-bond acceptors (Lipinski definition) is 2. The molecule has 110 valence electrons.